The molecule has 0 saturated carbocycles. The van der Waals surface area contributed by atoms with E-state index in [1.54, 1.807) is 25.1 Å². The molecule has 1 fully saturated rings. The number of likely N-dealkylation sites (tertiary alicyclic amines) is 1. The van der Waals surface area contributed by atoms with Crippen LogP contribution >= 0.6 is 0 Å². The molecular weight excluding hydrogens is 400 g/mol. The minimum atomic E-state index is -0.583. The molecule has 3 amide bonds. The molecule has 9 nitrogen and oxygen atoms in total. The fraction of sp³-hybridized carbons (Fsp3) is 0.318. The Balaban J connectivity index is 1.62. The standard InChI is InChI=1S/C22H24N4O5/c1-14-12-17(7-8-18(14)26(30)31)22(29)25-11-3-6-19(25)21(28)24-10-9-15-4-2-5-16(13-15)20(23)27/h2,4-5,7-8,12-13,19H,3,6,9-11H2,1H3,(H2,23,27)(H,24,28). The van der Waals surface area contributed by atoms with Crippen LogP contribution in [0, 0.1) is 17.0 Å². The SMILES string of the molecule is Cc1cc(C(=O)N2CCCC2C(=O)NCCc2cccc(C(N)=O)c2)ccc1[N+](=O)[O-]. The van der Waals surface area contributed by atoms with Crippen molar-refractivity contribution >= 4 is 23.4 Å². The Morgan fingerprint density at radius 2 is 1.97 bits per heavy atom. The van der Waals surface area contributed by atoms with Gasteiger partial charge in [-0.1, -0.05) is 12.1 Å². The topological polar surface area (TPSA) is 136 Å². The first-order chi connectivity index (χ1) is 14.8. The summed E-state index contributed by atoms with van der Waals surface area (Å²) in [7, 11) is 0. The van der Waals surface area contributed by atoms with E-state index in [2.05, 4.69) is 5.32 Å². The third kappa shape index (κ3) is 5.06. The van der Waals surface area contributed by atoms with Crippen molar-refractivity contribution in [3.63, 3.8) is 0 Å². The second-order valence-electron chi connectivity index (χ2n) is 7.52. The zero-order valence-electron chi connectivity index (χ0n) is 17.2. The molecule has 1 atom stereocenters. The summed E-state index contributed by atoms with van der Waals surface area (Å²) < 4.78 is 0. The van der Waals surface area contributed by atoms with E-state index in [-0.39, 0.29) is 17.5 Å². The molecule has 1 aliphatic rings. The number of hydrogen-bond acceptors (Lipinski definition) is 5. The zero-order valence-corrected chi connectivity index (χ0v) is 17.2. The molecule has 3 N–H and O–H groups in total. The molecule has 1 unspecified atom stereocenters. The number of nitrogens with zero attached hydrogens (tertiary/aromatic N) is 2. The van der Waals surface area contributed by atoms with E-state index >= 15 is 0 Å². The van der Waals surface area contributed by atoms with Gasteiger partial charge in [-0.2, -0.15) is 0 Å². The summed E-state index contributed by atoms with van der Waals surface area (Å²) >= 11 is 0. The Morgan fingerprint density at radius 3 is 2.65 bits per heavy atom. The minimum absolute atomic E-state index is 0.0485. The minimum Gasteiger partial charge on any atom is -0.366 e. The number of carbonyl (C=O) groups is 3. The largest absolute Gasteiger partial charge is 0.366 e. The van der Waals surface area contributed by atoms with E-state index in [1.165, 1.54) is 23.1 Å². The van der Waals surface area contributed by atoms with Crippen LogP contribution in [0.1, 0.15) is 44.7 Å². The Hall–Kier alpha value is -3.75. The van der Waals surface area contributed by atoms with Crippen molar-refractivity contribution in [3.8, 4) is 0 Å². The first kappa shape index (κ1) is 21.9. The summed E-state index contributed by atoms with van der Waals surface area (Å²) in [5.74, 6) is -1.06. The summed E-state index contributed by atoms with van der Waals surface area (Å²) in [5.41, 5.74) is 7.25. The van der Waals surface area contributed by atoms with Gasteiger partial charge in [-0.25, -0.2) is 0 Å². The van der Waals surface area contributed by atoms with E-state index < -0.39 is 16.9 Å². The van der Waals surface area contributed by atoms with Crippen LogP contribution in [0.2, 0.25) is 0 Å². The lowest BCUT2D eigenvalue weighted by molar-refractivity contribution is -0.385. The second kappa shape index (κ2) is 9.38. The van der Waals surface area contributed by atoms with E-state index in [9.17, 15) is 24.5 Å². The predicted molar refractivity (Wildman–Crippen MR) is 114 cm³/mol. The summed E-state index contributed by atoms with van der Waals surface area (Å²) in [4.78, 5) is 48.9. The van der Waals surface area contributed by atoms with Gasteiger partial charge < -0.3 is 16.0 Å². The third-order valence-corrected chi connectivity index (χ3v) is 5.38. The Bertz CT molecular complexity index is 1040. The van der Waals surface area contributed by atoms with Crippen LogP contribution < -0.4 is 11.1 Å². The van der Waals surface area contributed by atoms with Crippen molar-refractivity contribution in [2.24, 2.45) is 5.73 Å². The maximum absolute atomic E-state index is 12.9. The van der Waals surface area contributed by atoms with Gasteiger partial charge in [-0.3, -0.25) is 24.5 Å². The fourth-order valence-corrected chi connectivity index (χ4v) is 3.77. The van der Waals surface area contributed by atoms with Gasteiger partial charge in [0.05, 0.1) is 4.92 Å². The van der Waals surface area contributed by atoms with Gasteiger partial charge in [0.25, 0.3) is 11.6 Å². The van der Waals surface area contributed by atoms with E-state index in [0.29, 0.717) is 49.0 Å². The van der Waals surface area contributed by atoms with Crippen molar-refractivity contribution in [3.05, 3.63) is 74.8 Å². The van der Waals surface area contributed by atoms with Gasteiger partial charge in [0.2, 0.25) is 11.8 Å². The molecule has 31 heavy (non-hydrogen) atoms. The van der Waals surface area contributed by atoms with Gasteiger partial charge in [0.15, 0.2) is 0 Å². The number of nitro benzene ring substituents is 1. The van der Waals surface area contributed by atoms with Gasteiger partial charge in [-0.15, -0.1) is 0 Å². The van der Waals surface area contributed by atoms with Crippen molar-refractivity contribution in [2.45, 2.75) is 32.2 Å². The molecule has 1 saturated heterocycles. The molecule has 1 aliphatic heterocycles. The van der Waals surface area contributed by atoms with E-state index in [0.717, 1.165) is 5.56 Å². The number of aryl methyl sites for hydroxylation is 1. The number of primary amides is 1. The van der Waals surface area contributed by atoms with Gasteiger partial charge in [-0.05, 0) is 56.0 Å². The molecule has 3 rings (SSSR count). The molecule has 162 valence electrons. The summed E-state index contributed by atoms with van der Waals surface area (Å²) in [6.07, 6.45) is 1.78. The number of nitro groups is 1. The molecule has 9 heteroatoms. The number of nitrogens with one attached hydrogen (secondary N) is 1. The fourth-order valence-electron chi connectivity index (χ4n) is 3.77. The number of benzene rings is 2. The third-order valence-electron chi connectivity index (χ3n) is 5.38. The lowest BCUT2D eigenvalue weighted by atomic mass is 10.1. The second-order valence-corrected chi connectivity index (χ2v) is 7.52. The normalized spacial score (nSPS) is 15.5. The summed E-state index contributed by atoms with van der Waals surface area (Å²) in [5, 5.41) is 13.8. The smallest absolute Gasteiger partial charge is 0.272 e. The molecule has 2 aromatic rings. The highest BCUT2D eigenvalue weighted by atomic mass is 16.6. The lowest BCUT2D eigenvalue weighted by Crippen LogP contribution is -2.46. The number of rotatable bonds is 7. The van der Waals surface area contributed by atoms with Crippen LogP contribution in [-0.2, 0) is 11.2 Å². The Labute approximate surface area is 179 Å². The first-order valence-electron chi connectivity index (χ1n) is 10.0. The van der Waals surface area contributed by atoms with Crippen LogP contribution in [0.4, 0.5) is 5.69 Å². The first-order valence-corrected chi connectivity index (χ1v) is 10.0. The predicted octanol–water partition coefficient (Wildman–Crippen LogP) is 1.97. The van der Waals surface area contributed by atoms with E-state index in [4.69, 9.17) is 5.73 Å². The molecule has 0 aromatic heterocycles. The van der Waals surface area contributed by atoms with Crippen molar-refractivity contribution in [1.82, 2.24) is 10.2 Å². The average molecular weight is 424 g/mol. The van der Waals surface area contributed by atoms with E-state index in [1.807, 2.05) is 6.07 Å². The number of amides is 3. The Kier molecular flexibility index (Phi) is 6.64. The molecule has 0 aliphatic carbocycles. The van der Waals surface area contributed by atoms with Crippen LogP contribution in [0.25, 0.3) is 0 Å². The molecular formula is C22H24N4O5. The van der Waals surface area contributed by atoms with Crippen molar-refractivity contribution in [1.29, 1.82) is 0 Å². The van der Waals surface area contributed by atoms with Crippen molar-refractivity contribution in [2.75, 3.05) is 13.1 Å². The maximum atomic E-state index is 12.9. The highest BCUT2D eigenvalue weighted by Gasteiger charge is 2.34. The molecule has 2 aromatic carbocycles. The van der Waals surface area contributed by atoms with Crippen molar-refractivity contribution < 1.29 is 19.3 Å². The highest BCUT2D eigenvalue weighted by Crippen LogP contribution is 2.24. The molecule has 0 radical (unpaired) electrons. The quantitative estimate of drug-likeness (QED) is 0.517. The zero-order chi connectivity index (χ0) is 22.5. The molecule has 1 heterocycles. The van der Waals surface area contributed by atoms with Gasteiger partial charge >= 0.3 is 0 Å². The molecule has 0 bridgehead atoms. The molecule has 0 spiro atoms. The van der Waals surface area contributed by atoms with Gasteiger partial charge in [0, 0.05) is 35.8 Å². The Morgan fingerprint density at radius 1 is 1.19 bits per heavy atom. The number of hydrogen-bond donors (Lipinski definition) is 2. The monoisotopic (exact) mass is 424 g/mol. The summed E-state index contributed by atoms with van der Waals surface area (Å²) in [6.45, 7) is 2.39. The van der Waals surface area contributed by atoms with Crippen LogP contribution in [0.5, 0.6) is 0 Å². The average Bonchev–Trinajstić information content (AvgIpc) is 3.23. The number of carbonyl (C=O) groups excluding carboxylic acids is 3. The lowest BCUT2D eigenvalue weighted by Gasteiger charge is -2.24. The van der Waals surface area contributed by atoms with Crippen LogP contribution in [-0.4, -0.2) is 46.7 Å². The highest BCUT2D eigenvalue weighted by molar-refractivity contribution is 5.98. The van der Waals surface area contributed by atoms with Crippen LogP contribution in [0.15, 0.2) is 42.5 Å². The van der Waals surface area contributed by atoms with Gasteiger partial charge in [0.1, 0.15) is 6.04 Å². The summed E-state index contributed by atoms with van der Waals surface area (Å²) in [6, 6.07) is 10.5. The number of nitrogens with two attached hydrogens (primary N) is 1. The maximum Gasteiger partial charge on any atom is 0.272 e. The van der Waals surface area contributed by atoms with Crippen LogP contribution in [0.3, 0.4) is 0 Å².